The van der Waals surface area contributed by atoms with Crippen molar-refractivity contribution < 1.29 is 14.3 Å². The van der Waals surface area contributed by atoms with E-state index < -0.39 is 12.0 Å². The summed E-state index contributed by atoms with van der Waals surface area (Å²) in [5.41, 5.74) is 10.8. The lowest BCUT2D eigenvalue weighted by Gasteiger charge is -2.23. The number of fused-ring (bicyclic) bond motifs is 1. The van der Waals surface area contributed by atoms with Crippen molar-refractivity contribution >= 4 is 23.6 Å². The molecule has 0 saturated heterocycles. The summed E-state index contributed by atoms with van der Waals surface area (Å²) in [6, 6.07) is 12.8. The molecule has 0 fully saturated rings. The van der Waals surface area contributed by atoms with Gasteiger partial charge in [-0.25, -0.2) is 0 Å². The quantitative estimate of drug-likeness (QED) is 0.711. The van der Waals surface area contributed by atoms with Crippen molar-refractivity contribution in [3.63, 3.8) is 0 Å². The average molecular weight is 390 g/mol. The molecule has 0 spiro atoms. The van der Waals surface area contributed by atoms with Crippen LogP contribution in [0.25, 0.3) is 11.8 Å². The minimum absolute atomic E-state index is 0.210. The number of nitrogens with two attached hydrogens (primary N) is 1. The molecule has 29 heavy (non-hydrogen) atoms. The molecule has 0 radical (unpaired) electrons. The average Bonchev–Trinajstić information content (AvgIpc) is 3.19. The molecule has 0 heterocycles. The topological polar surface area (TPSA) is 81.4 Å². The maximum absolute atomic E-state index is 12.8. The number of carbonyl (C=O) groups is 2. The second-order valence-corrected chi connectivity index (χ2v) is 7.34. The Bertz CT molecular complexity index is 978. The molecule has 0 aromatic heterocycles. The molecular weight excluding hydrogens is 364 g/mol. The molecule has 2 aromatic carbocycles. The number of hydrogen-bond donors (Lipinski definition) is 2. The van der Waals surface area contributed by atoms with Crippen LogP contribution in [0.2, 0.25) is 0 Å². The van der Waals surface area contributed by atoms with Crippen molar-refractivity contribution in [2.75, 3.05) is 7.11 Å². The number of methoxy groups -OCH3 is 1. The molecule has 5 nitrogen and oxygen atoms in total. The van der Waals surface area contributed by atoms with Crippen LogP contribution in [0.5, 0.6) is 0 Å². The van der Waals surface area contributed by atoms with E-state index in [1.807, 2.05) is 55.5 Å². The Kier molecular flexibility index (Phi) is 6.17. The van der Waals surface area contributed by atoms with E-state index in [9.17, 15) is 9.59 Å². The number of rotatable bonds is 7. The summed E-state index contributed by atoms with van der Waals surface area (Å²) in [4.78, 5) is 25.2. The smallest absolute Gasteiger partial charge is 0.311 e. The Balaban J connectivity index is 1.75. The SMILES string of the molecule is C=C(N)c1cccc(CC(C(=O)OC)C(C)NC(=O)c2ccc3c(c2)C=CC3)c1. The number of carbonyl (C=O) groups excluding carboxylic acids is 2. The van der Waals surface area contributed by atoms with Gasteiger partial charge in [-0.2, -0.15) is 0 Å². The van der Waals surface area contributed by atoms with E-state index in [0.29, 0.717) is 17.7 Å². The number of nitrogens with one attached hydrogen (secondary N) is 1. The lowest BCUT2D eigenvalue weighted by molar-refractivity contribution is -0.146. The maximum Gasteiger partial charge on any atom is 0.311 e. The van der Waals surface area contributed by atoms with Crippen LogP contribution < -0.4 is 11.1 Å². The molecule has 0 bridgehead atoms. The molecule has 150 valence electrons. The van der Waals surface area contributed by atoms with Gasteiger partial charge in [0.05, 0.1) is 13.0 Å². The number of esters is 1. The molecular formula is C24H26N2O3. The van der Waals surface area contributed by atoms with E-state index in [1.54, 1.807) is 0 Å². The summed E-state index contributed by atoms with van der Waals surface area (Å²) in [6.45, 7) is 5.57. The highest BCUT2D eigenvalue weighted by atomic mass is 16.5. The van der Waals surface area contributed by atoms with Crippen LogP contribution in [0, 0.1) is 5.92 Å². The Morgan fingerprint density at radius 1 is 1.21 bits per heavy atom. The molecule has 2 unspecified atom stereocenters. The van der Waals surface area contributed by atoms with Crippen molar-refractivity contribution in [3.05, 3.63) is 82.9 Å². The predicted molar refractivity (Wildman–Crippen MR) is 115 cm³/mol. The van der Waals surface area contributed by atoms with Crippen molar-refractivity contribution in [1.82, 2.24) is 5.32 Å². The van der Waals surface area contributed by atoms with Gasteiger partial charge in [-0.05, 0) is 60.2 Å². The Hall–Kier alpha value is -3.34. The summed E-state index contributed by atoms with van der Waals surface area (Å²) in [5.74, 6) is -1.11. The van der Waals surface area contributed by atoms with Gasteiger partial charge in [0.15, 0.2) is 0 Å². The zero-order valence-electron chi connectivity index (χ0n) is 16.8. The first kappa shape index (κ1) is 20.4. The summed E-state index contributed by atoms with van der Waals surface area (Å²) in [5, 5.41) is 2.95. The van der Waals surface area contributed by atoms with Gasteiger partial charge < -0.3 is 15.8 Å². The van der Waals surface area contributed by atoms with Crippen molar-refractivity contribution in [2.24, 2.45) is 11.7 Å². The molecule has 3 rings (SSSR count). The zero-order chi connectivity index (χ0) is 21.0. The molecule has 0 saturated carbocycles. The van der Waals surface area contributed by atoms with E-state index in [1.165, 1.54) is 12.7 Å². The van der Waals surface area contributed by atoms with Gasteiger partial charge in [-0.3, -0.25) is 9.59 Å². The highest BCUT2D eigenvalue weighted by molar-refractivity contribution is 5.95. The largest absolute Gasteiger partial charge is 0.469 e. The summed E-state index contributed by atoms with van der Waals surface area (Å²) < 4.78 is 4.99. The van der Waals surface area contributed by atoms with E-state index in [0.717, 1.165) is 23.1 Å². The standard InChI is InChI=1S/C24H26N2O3/c1-15(25)19-8-4-6-17(12-19)13-22(24(28)29-3)16(2)26-23(27)21-11-10-18-7-5-9-20(18)14-21/h4-6,8-12,14,16,22H,1,7,13,25H2,2-3H3,(H,26,27). The Morgan fingerprint density at radius 2 is 2.00 bits per heavy atom. The first-order valence-electron chi connectivity index (χ1n) is 9.61. The molecule has 1 aliphatic carbocycles. The number of benzene rings is 2. The van der Waals surface area contributed by atoms with Gasteiger partial charge in [0, 0.05) is 17.3 Å². The van der Waals surface area contributed by atoms with Crippen molar-refractivity contribution in [3.8, 4) is 0 Å². The second-order valence-electron chi connectivity index (χ2n) is 7.34. The van der Waals surface area contributed by atoms with E-state index in [-0.39, 0.29) is 11.9 Å². The fraction of sp³-hybridized carbons (Fsp3) is 0.250. The fourth-order valence-corrected chi connectivity index (χ4v) is 3.55. The molecule has 0 aliphatic heterocycles. The highest BCUT2D eigenvalue weighted by Crippen LogP contribution is 2.22. The lowest BCUT2D eigenvalue weighted by Crippen LogP contribution is -2.42. The minimum atomic E-state index is -0.528. The lowest BCUT2D eigenvalue weighted by atomic mass is 9.91. The third-order valence-corrected chi connectivity index (χ3v) is 5.26. The fourth-order valence-electron chi connectivity index (χ4n) is 3.55. The van der Waals surface area contributed by atoms with Crippen LogP contribution >= 0.6 is 0 Å². The van der Waals surface area contributed by atoms with Crippen LogP contribution in [-0.2, 0) is 22.4 Å². The van der Waals surface area contributed by atoms with Crippen LogP contribution in [0.3, 0.4) is 0 Å². The molecule has 1 aliphatic rings. The van der Waals surface area contributed by atoms with E-state index in [2.05, 4.69) is 18.0 Å². The first-order chi connectivity index (χ1) is 13.9. The molecule has 3 N–H and O–H groups in total. The number of amides is 1. The molecule has 2 aromatic rings. The number of ether oxygens (including phenoxy) is 1. The monoisotopic (exact) mass is 390 g/mol. The van der Waals surface area contributed by atoms with Crippen LogP contribution in [0.4, 0.5) is 0 Å². The second kappa shape index (κ2) is 8.78. The summed E-state index contributed by atoms with van der Waals surface area (Å²) in [6.07, 6.45) is 5.41. The minimum Gasteiger partial charge on any atom is -0.469 e. The maximum atomic E-state index is 12.8. The van der Waals surface area contributed by atoms with Gasteiger partial charge in [-0.15, -0.1) is 0 Å². The van der Waals surface area contributed by atoms with Crippen molar-refractivity contribution in [2.45, 2.75) is 25.8 Å². The van der Waals surface area contributed by atoms with Gasteiger partial charge in [0.2, 0.25) is 0 Å². The molecule has 2 atom stereocenters. The first-order valence-corrected chi connectivity index (χ1v) is 9.61. The van der Waals surface area contributed by atoms with Crippen molar-refractivity contribution in [1.29, 1.82) is 0 Å². The Morgan fingerprint density at radius 3 is 2.72 bits per heavy atom. The highest BCUT2D eigenvalue weighted by Gasteiger charge is 2.28. The summed E-state index contributed by atoms with van der Waals surface area (Å²) >= 11 is 0. The third-order valence-electron chi connectivity index (χ3n) is 5.26. The van der Waals surface area contributed by atoms with Gasteiger partial charge in [0.25, 0.3) is 5.91 Å². The molecule has 1 amide bonds. The molecule has 5 heteroatoms. The normalized spacial score (nSPS) is 14.0. The van der Waals surface area contributed by atoms with Crippen LogP contribution in [0.15, 0.2) is 55.1 Å². The Labute approximate surface area is 171 Å². The summed E-state index contributed by atoms with van der Waals surface area (Å²) in [7, 11) is 1.36. The predicted octanol–water partition coefficient (Wildman–Crippen LogP) is 3.34. The van der Waals surface area contributed by atoms with Gasteiger partial charge >= 0.3 is 5.97 Å². The number of allylic oxidation sites excluding steroid dienone is 1. The van der Waals surface area contributed by atoms with Crippen LogP contribution in [0.1, 0.15) is 39.5 Å². The van der Waals surface area contributed by atoms with Gasteiger partial charge in [0.1, 0.15) is 0 Å². The van der Waals surface area contributed by atoms with E-state index in [4.69, 9.17) is 10.5 Å². The van der Waals surface area contributed by atoms with Crippen LogP contribution in [-0.4, -0.2) is 25.0 Å². The van der Waals surface area contributed by atoms with E-state index >= 15 is 0 Å². The zero-order valence-corrected chi connectivity index (χ0v) is 16.8. The number of hydrogen-bond acceptors (Lipinski definition) is 4. The third kappa shape index (κ3) is 4.74. The van der Waals surface area contributed by atoms with Gasteiger partial charge in [-0.1, -0.05) is 43.0 Å².